The van der Waals surface area contributed by atoms with Crippen LogP contribution >= 0.6 is 0 Å². The molecule has 0 N–H and O–H groups in total. The van der Waals surface area contributed by atoms with Crippen molar-refractivity contribution in [3.8, 4) is 0 Å². The molecule has 20 heavy (non-hydrogen) atoms. The number of amides is 1. The first-order valence-corrected chi connectivity index (χ1v) is 6.75. The van der Waals surface area contributed by atoms with Gasteiger partial charge in [0, 0.05) is 17.3 Å². The number of nitrogens with zero attached hydrogens (tertiary/aromatic N) is 1. The van der Waals surface area contributed by atoms with Gasteiger partial charge >= 0.3 is 0 Å². The van der Waals surface area contributed by atoms with Crippen molar-refractivity contribution in [1.82, 2.24) is 0 Å². The van der Waals surface area contributed by atoms with Gasteiger partial charge in [-0.25, -0.2) is 4.39 Å². The predicted molar refractivity (Wildman–Crippen MR) is 77.6 cm³/mol. The largest absolute Gasteiger partial charge is 0.305 e. The Balaban J connectivity index is 2.00. The number of halogens is 1. The van der Waals surface area contributed by atoms with Crippen LogP contribution in [-0.4, -0.2) is 11.9 Å². The van der Waals surface area contributed by atoms with Crippen LogP contribution < -0.4 is 4.90 Å². The summed E-state index contributed by atoms with van der Waals surface area (Å²) in [4.78, 5) is 14.4. The van der Waals surface area contributed by atoms with Gasteiger partial charge in [-0.15, -0.1) is 0 Å². The van der Waals surface area contributed by atoms with Gasteiger partial charge in [0.05, 0.1) is 0 Å². The van der Waals surface area contributed by atoms with E-state index in [0.717, 1.165) is 12.1 Å². The average Bonchev–Trinajstić information content (AvgIpc) is 2.77. The number of rotatable bonds is 1. The van der Waals surface area contributed by atoms with Gasteiger partial charge in [0.15, 0.2) is 0 Å². The standard InChI is InChI=1S/C17H16FNO/c1-11-7-8-14(10-15(11)18)17(20)19-12(2)9-13-5-3-4-6-16(13)19/h3-8,10,12H,9H2,1-2H3. The molecule has 1 aliphatic heterocycles. The fourth-order valence-corrected chi connectivity index (χ4v) is 2.74. The quantitative estimate of drug-likeness (QED) is 0.772. The molecule has 0 bridgehead atoms. The molecule has 102 valence electrons. The Labute approximate surface area is 117 Å². The fraction of sp³-hybridized carbons (Fsp3) is 0.235. The smallest absolute Gasteiger partial charge is 0.258 e. The molecule has 0 spiro atoms. The number of hydrogen-bond donors (Lipinski definition) is 0. The molecule has 1 amide bonds. The summed E-state index contributed by atoms with van der Waals surface area (Å²) in [5.41, 5.74) is 3.06. The summed E-state index contributed by atoms with van der Waals surface area (Å²) in [6, 6.07) is 12.6. The highest BCUT2D eigenvalue weighted by Gasteiger charge is 2.31. The molecule has 3 heteroatoms. The third-order valence-corrected chi connectivity index (χ3v) is 3.84. The normalized spacial score (nSPS) is 17.1. The molecule has 0 aromatic heterocycles. The number of para-hydroxylation sites is 1. The van der Waals surface area contributed by atoms with Gasteiger partial charge in [0.1, 0.15) is 5.82 Å². The molecule has 0 saturated heterocycles. The lowest BCUT2D eigenvalue weighted by Crippen LogP contribution is -2.35. The zero-order valence-corrected chi connectivity index (χ0v) is 11.6. The first-order valence-electron chi connectivity index (χ1n) is 6.75. The zero-order valence-electron chi connectivity index (χ0n) is 11.6. The van der Waals surface area contributed by atoms with Crippen molar-refractivity contribution in [2.45, 2.75) is 26.3 Å². The molecule has 1 aliphatic rings. The highest BCUT2D eigenvalue weighted by molar-refractivity contribution is 6.07. The number of carbonyl (C=O) groups excluding carboxylic acids is 1. The third-order valence-electron chi connectivity index (χ3n) is 3.84. The summed E-state index contributed by atoms with van der Waals surface area (Å²) in [5, 5.41) is 0. The molecule has 2 aromatic rings. The number of fused-ring (bicyclic) bond motifs is 1. The van der Waals surface area contributed by atoms with Crippen LogP contribution in [0.5, 0.6) is 0 Å². The van der Waals surface area contributed by atoms with Crippen LogP contribution in [0.25, 0.3) is 0 Å². The highest BCUT2D eigenvalue weighted by atomic mass is 19.1. The Morgan fingerprint density at radius 2 is 2.00 bits per heavy atom. The molecule has 1 unspecified atom stereocenters. The monoisotopic (exact) mass is 269 g/mol. The van der Waals surface area contributed by atoms with E-state index in [-0.39, 0.29) is 17.8 Å². The first kappa shape index (κ1) is 12.9. The number of benzene rings is 2. The van der Waals surface area contributed by atoms with E-state index >= 15 is 0 Å². The Hall–Kier alpha value is -2.16. The van der Waals surface area contributed by atoms with Crippen molar-refractivity contribution in [2.24, 2.45) is 0 Å². The average molecular weight is 269 g/mol. The lowest BCUT2D eigenvalue weighted by atomic mass is 10.1. The molecule has 1 heterocycles. The third kappa shape index (κ3) is 1.99. The van der Waals surface area contributed by atoms with Gasteiger partial charge in [0.2, 0.25) is 0 Å². The minimum Gasteiger partial charge on any atom is -0.305 e. The van der Waals surface area contributed by atoms with Crippen LogP contribution in [0.4, 0.5) is 10.1 Å². The van der Waals surface area contributed by atoms with Gasteiger partial charge < -0.3 is 4.90 Å². The minimum atomic E-state index is -0.337. The second-order valence-corrected chi connectivity index (χ2v) is 5.32. The Morgan fingerprint density at radius 1 is 1.25 bits per heavy atom. The summed E-state index contributed by atoms with van der Waals surface area (Å²) < 4.78 is 13.6. The summed E-state index contributed by atoms with van der Waals surface area (Å²) in [6.07, 6.45) is 0.844. The highest BCUT2D eigenvalue weighted by Crippen LogP contribution is 2.33. The lowest BCUT2D eigenvalue weighted by Gasteiger charge is -2.23. The van der Waals surface area contributed by atoms with Crippen molar-refractivity contribution in [3.05, 3.63) is 65.0 Å². The predicted octanol–water partition coefficient (Wildman–Crippen LogP) is 3.73. The van der Waals surface area contributed by atoms with Crippen molar-refractivity contribution in [3.63, 3.8) is 0 Å². The van der Waals surface area contributed by atoms with E-state index in [1.165, 1.54) is 11.6 Å². The number of carbonyl (C=O) groups is 1. The van der Waals surface area contributed by atoms with E-state index in [4.69, 9.17) is 0 Å². The maximum Gasteiger partial charge on any atom is 0.258 e. The van der Waals surface area contributed by atoms with Crippen LogP contribution in [-0.2, 0) is 6.42 Å². The fourth-order valence-electron chi connectivity index (χ4n) is 2.74. The van der Waals surface area contributed by atoms with Crippen molar-refractivity contribution >= 4 is 11.6 Å². The minimum absolute atomic E-state index is 0.101. The van der Waals surface area contributed by atoms with Crippen molar-refractivity contribution in [2.75, 3.05) is 4.90 Å². The molecule has 1 atom stereocenters. The number of anilines is 1. The maximum absolute atomic E-state index is 13.6. The van der Waals surface area contributed by atoms with Gasteiger partial charge in [-0.1, -0.05) is 24.3 Å². The van der Waals surface area contributed by atoms with Crippen LogP contribution in [0, 0.1) is 12.7 Å². The van der Waals surface area contributed by atoms with Crippen LogP contribution in [0.1, 0.15) is 28.4 Å². The molecule has 0 saturated carbocycles. The second-order valence-electron chi connectivity index (χ2n) is 5.32. The Bertz CT molecular complexity index is 680. The van der Waals surface area contributed by atoms with E-state index in [0.29, 0.717) is 11.1 Å². The van der Waals surface area contributed by atoms with Crippen LogP contribution in [0.2, 0.25) is 0 Å². The molecular weight excluding hydrogens is 253 g/mol. The molecule has 2 nitrogen and oxygen atoms in total. The molecule has 2 aromatic carbocycles. The lowest BCUT2D eigenvalue weighted by molar-refractivity contribution is 0.0981. The summed E-state index contributed by atoms with van der Waals surface area (Å²) in [5.74, 6) is -0.475. The topological polar surface area (TPSA) is 20.3 Å². The summed E-state index contributed by atoms with van der Waals surface area (Å²) in [7, 11) is 0. The van der Waals surface area contributed by atoms with E-state index in [1.807, 2.05) is 31.2 Å². The molecular formula is C17H16FNO. The van der Waals surface area contributed by atoms with Gasteiger partial charge in [0.25, 0.3) is 5.91 Å². The molecule has 0 fully saturated rings. The SMILES string of the molecule is Cc1ccc(C(=O)N2c3ccccc3CC2C)cc1F. The molecule has 0 aliphatic carbocycles. The first-order chi connectivity index (χ1) is 9.58. The van der Waals surface area contributed by atoms with Gasteiger partial charge in [-0.2, -0.15) is 0 Å². The second kappa shape index (κ2) is 4.75. The molecule has 0 radical (unpaired) electrons. The van der Waals surface area contributed by atoms with Gasteiger partial charge in [-0.05, 0) is 49.6 Å². The van der Waals surface area contributed by atoms with Gasteiger partial charge in [-0.3, -0.25) is 4.79 Å². The Kier molecular flexibility index (Phi) is 3.05. The summed E-state index contributed by atoms with van der Waals surface area (Å²) in [6.45, 7) is 3.71. The Morgan fingerprint density at radius 3 is 2.75 bits per heavy atom. The number of hydrogen-bond acceptors (Lipinski definition) is 1. The van der Waals surface area contributed by atoms with E-state index < -0.39 is 0 Å². The zero-order chi connectivity index (χ0) is 14.3. The van der Waals surface area contributed by atoms with Crippen LogP contribution in [0.3, 0.4) is 0 Å². The maximum atomic E-state index is 13.6. The van der Waals surface area contributed by atoms with Crippen molar-refractivity contribution < 1.29 is 9.18 Å². The summed E-state index contributed by atoms with van der Waals surface area (Å²) >= 11 is 0. The molecule has 3 rings (SSSR count). The van der Waals surface area contributed by atoms with E-state index in [9.17, 15) is 9.18 Å². The van der Waals surface area contributed by atoms with E-state index in [2.05, 4.69) is 0 Å². The van der Waals surface area contributed by atoms with Crippen LogP contribution in [0.15, 0.2) is 42.5 Å². The van der Waals surface area contributed by atoms with E-state index in [1.54, 1.807) is 24.0 Å². The number of aryl methyl sites for hydroxylation is 1. The van der Waals surface area contributed by atoms with Crippen molar-refractivity contribution in [1.29, 1.82) is 0 Å².